The van der Waals surface area contributed by atoms with Gasteiger partial charge in [-0.1, -0.05) is 11.6 Å². The molecule has 8 heteroatoms. The van der Waals surface area contributed by atoms with Crippen molar-refractivity contribution in [1.29, 1.82) is 0 Å². The van der Waals surface area contributed by atoms with Crippen LogP contribution in [0.2, 0.25) is 5.15 Å². The monoisotopic (exact) mass is 370 g/mol. The predicted molar refractivity (Wildman–Crippen MR) is 85.7 cm³/mol. The fourth-order valence-corrected chi connectivity index (χ4v) is 2.40. The van der Waals surface area contributed by atoms with E-state index < -0.39 is 0 Å². The molecule has 0 saturated carbocycles. The van der Waals surface area contributed by atoms with Gasteiger partial charge >= 0.3 is 0 Å². The number of pyridine rings is 1. The van der Waals surface area contributed by atoms with E-state index in [2.05, 4.69) is 31.7 Å². The second-order valence-electron chi connectivity index (χ2n) is 4.01. The van der Waals surface area contributed by atoms with Crippen molar-refractivity contribution in [3.05, 3.63) is 45.5 Å². The van der Waals surface area contributed by atoms with Crippen molar-refractivity contribution >= 4 is 44.9 Å². The van der Waals surface area contributed by atoms with E-state index in [1.165, 1.54) is 12.1 Å². The lowest BCUT2D eigenvalue weighted by Gasteiger charge is -2.09. The van der Waals surface area contributed by atoms with Crippen molar-refractivity contribution in [3.8, 4) is 5.75 Å². The number of carbonyl (C=O) groups is 1. The van der Waals surface area contributed by atoms with Gasteiger partial charge in [-0.2, -0.15) is 0 Å². The lowest BCUT2D eigenvalue weighted by atomic mass is 10.2. The van der Waals surface area contributed by atoms with E-state index >= 15 is 0 Å². The van der Waals surface area contributed by atoms with Crippen molar-refractivity contribution in [3.63, 3.8) is 0 Å². The second kappa shape index (κ2) is 6.75. The summed E-state index contributed by atoms with van der Waals surface area (Å²) in [6.07, 6.45) is 0. The van der Waals surface area contributed by atoms with Gasteiger partial charge in [0.2, 0.25) is 0 Å². The number of aromatic nitrogens is 1. The van der Waals surface area contributed by atoms with Crippen LogP contribution in [0, 0.1) is 0 Å². The molecule has 4 N–H and O–H groups in total. The van der Waals surface area contributed by atoms with Crippen molar-refractivity contribution < 1.29 is 9.53 Å². The number of hydrogen-bond acceptors (Lipinski definition) is 5. The highest BCUT2D eigenvalue weighted by Crippen LogP contribution is 2.28. The van der Waals surface area contributed by atoms with Gasteiger partial charge in [0.05, 0.1) is 11.6 Å². The highest BCUT2D eigenvalue weighted by Gasteiger charge is 2.10. The summed E-state index contributed by atoms with van der Waals surface area (Å²) in [5, 5.41) is 2.92. The largest absolute Gasteiger partial charge is 0.496 e. The highest BCUT2D eigenvalue weighted by atomic mass is 79.9. The van der Waals surface area contributed by atoms with E-state index in [9.17, 15) is 4.79 Å². The summed E-state index contributed by atoms with van der Waals surface area (Å²) in [6.45, 7) is 0. The first-order valence-corrected chi connectivity index (χ1v) is 6.99. The molecule has 1 heterocycles. The Bertz CT molecular complexity index is 681. The van der Waals surface area contributed by atoms with Crippen molar-refractivity contribution in [2.45, 2.75) is 0 Å². The van der Waals surface area contributed by atoms with E-state index in [4.69, 9.17) is 22.2 Å². The van der Waals surface area contributed by atoms with Gasteiger partial charge in [-0.15, -0.1) is 0 Å². The molecule has 0 unspecified atom stereocenters. The first kappa shape index (κ1) is 15.6. The Kier molecular flexibility index (Phi) is 5.00. The second-order valence-corrected chi connectivity index (χ2v) is 5.25. The van der Waals surface area contributed by atoms with Crippen LogP contribution in [-0.2, 0) is 0 Å². The molecule has 110 valence electrons. The summed E-state index contributed by atoms with van der Waals surface area (Å²) in [4.78, 5) is 16.1. The number of benzene rings is 1. The van der Waals surface area contributed by atoms with Crippen LogP contribution in [0.15, 0.2) is 34.8 Å². The Hall–Kier alpha value is -1.83. The topological polar surface area (TPSA) is 89.3 Å². The molecule has 0 fully saturated rings. The molecule has 0 atom stereocenters. The average Bonchev–Trinajstić information content (AvgIpc) is 2.46. The number of nitrogens with one attached hydrogen (secondary N) is 2. The molecule has 0 saturated heterocycles. The number of amides is 1. The standard InChI is InChI=1S/C13H12BrClN4O2/c1-21-10-3-2-8(6-9(10)14)17-13(20)7-4-11(15)18-12(5-7)19-16/h2-6H,16H2,1H3,(H,17,20)(H,18,19). The Labute approximate surface area is 134 Å². The smallest absolute Gasteiger partial charge is 0.255 e. The molecule has 0 aliphatic rings. The summed E-state index contributed by atoms with van der Waals surface area (Å²) in [6, 6.07) is 8.16. The SMILES string of the molecule is COc1ccc(NC(=O)c2cc(Cl)nc(NN)c2)cc1Br. The number of hydrazine groups is 1. The van der Waals surface area contributed by atoms with Crippen LogP contribution in [0.25, 0.3) is 0 Å². The number of rotatable bonds is 4. The van der Waals surface area contributed by atoms with Crippen LogP contribution in [0.4, 0.5) is 11.5 Å². The molecule has 0 aliphatic carbocycles. The molecule has 2 aromatic rings. The average molecular weight is 372 g/mol. The zero-order valence-corrected chi connectivity index (χ0v) is 13.3. The summed E-state index contributed by atoms with van der Waals surface area (Å²) >= 11 is 9.18. The number of ether oxygens (including phenoxy) is 1. The number of nitrogens with zero attached hydrogens (tertiary/aromatic N) is 1. The van der Waals surface area contributed by atoms with Crippen molar-refractivity contribution in [2.24, 2.45) is 5.84 Å². The molecule has 0 spiro atoms. The third-order valence-corrected chi connectivity index (χ3v) is 3.43. The predicted octanol–water partition coefficient (Wildman–Crippen LogP) is 3.04. The fraction of sp³-hybridized carbons (Fsp3) is 0.0769. The van der Waals surface area contributed by atoms with Gasteiger partial charge < -0.3 is 15.5 Å². The van der Waals surface area contributed by atoms with Gasteiger partial charge in [-0.3, -0.25) is 4.79 Å². The van der Waals surface area contributed by atoms with Crippen molar-refractivity contribution in [2.75, 3.05) is 17.9 Å². The van der Waals surface area contributed by atoms with Crippen LogP contribution in [0.3, 0.4) is 0 Å². The van der Waals surface area contributed by atoms with Gasteiger partial charge in [0.1, 0.15) is 16.7 Å². The Morgan fingerprint density at radius 3 is 2.76 bits per heavy atom. The van der Waals surface area contributed by atoms with Crippen molar-refractivity contribution in [1.82, 2.24) is 4.98 Å². The number of halogens is 2. The summed E-state index contributed by atoms with van der Waals surface area (Å²) in [5.41, 5.74) is 3.31. The number of anilines is 2. The first-order chi connectivity index (χ1) is 10.0. The summed E-state index contributed by atoms with van der Waals surface area (Å²) in [7, 11) is 1.57. The summed E-state index contributed by atoms with van der Waals surface area (Å²) < 4.78 is 5.86. The Balaban J connectivity index is 2.21. The normalized spacial score (nSPS) is 10.1. The van der Waals surface area contributed by atoms with Crippen LogP contribution in [0.1, 0.15) is 10.4 Å². The number of nitrogens with two attached hydrogens (primary N) is 1. The molecule has 2 rings (SSSR count). The van der Waals surface area contributed by atoms with E-state index in [-0.39, 0.29) is 11.1 Å². The lowest BCUT2D eigenvalue weighted by molar-refractivity contribution is 0.102. The third kappa shape index (κ3) is 3.84. The number of hydrogen-bond donors (Lipinski definition) is 3. The number of carbonyl (C=O) groups excluding carboxylic acids is 1. The summed E-state index contributed by atoms with van der Waals surface area (Å²) in [5.74, 6) is 5.93. The van der Waals surface area contributed by atoms with E-state index in [1.54, 1.807) is 25.3 Å². The Morgan fingerprint density at radius 2 is 2.14 bits per heavy atom. The van der Waals surface area contributed by atoms with Crippen LogP contribution in [-0.4, -0.2) is 18.0 Å². The van der Waals surface area contributed by atoms with Gasteiger partial charge in [0.15, 0.2) is 0 Å². The lowest BCUT2D eigenvalue weighted by Crippen LogP contribution is -2.14. The van der Waals surface area contributed by atoms with E-state index in [0.29, 0.717) is 22.8 Å². The zero-order valence-electron chi connectivity index (χ0n) is 11.0. The third-order valence-electron chi connectivity index (χ3n) is 2.61. The quantitative estimate of drug-likeness (QED) is 0.437. The number of methoxy groups -OCH3 is 1. The molecule has 1 amide bonds. The highest BCUT2D eigenvalue weighted by molar-refractivity contribution is 9.10. The molecular weight excluding hydrogens is 360 g/mol. The maximum atomic E-state index is 12.2. The van der Waals surface area contributed by atoms with Gasteiger partial charge in [-0.05, 0) is 46.3 Å². The van der Waals surface area contributed by atoms with Crippen LogP contribution in [0.5, 0.6) is 5.75 Å². The number of nitrogen functional groups attached to an aromatic ring is 1. The molecule has 6 nitrogen and oxygen atoms in total. The van der Waals surface area contributed by atoms with E-state index in [0.717, 1.165) is 4.47 Å². The van der Waals surface area contributed by atoms with Gasteiger partial charge in [0, 0.05) is 11.3 Å². The zero-order chi connectivity index (χ0) is 15.4. The maximum Gasteiger partial charge on any atom is 0.255 e. The molecule has 1 aromatic carbocycles. The first-order valence-electron chi connectivity index (χ1n) is 5.82. The maximum absolute atomic E-state index is 12.2. The van der Waals surface area contributed by atoms with Gasteiger partial charge in [0.25, 0.3) is 5.91 Å². The molecular formula is C13H12BrClN4O2. The minimum Gasteiger partial charge on any atom is -0.496 e. The van der Waals surface area contributed by atoms with Crippen LogP contribution >= 0.6 is 27.5 Å². The minimum atomic E-state index is -0.326. The molecule has 1 aromatic heterocycles. The molecule has 0 radical (unpaired) electrons. The molecule has 21 heavy (non-hydrogen) atoms. The van der Waals surface area contributed by atoms with Crippen LogP contribution < -0.4 is 21.3 Å². The molecule has 0 bridgehead atoms. The fourth-order valence-electron chi connectivity index (χ4n) is 1.65. The van der Waals surface area contributed by atoms with E-state index in [1.807, 2.05) is 0 Å². The van der Waals surface area contributed by atoms with Gasteiger partial charge in [-0.25, -0.2) is 10.8 Å². The minimum absolute atomic E-state index is 0.173. The molecule has 0 aliphatic heterocycles. The Morgan fingerprint density at radius 1 is 1.38 bits per heavy atom.